The zero-order valence-electron chi connectivity index (χ0n) is 14.8. The second kappa shape index (κ2) is 9.58. The smallest absolute Gasteiger partial charge is 0.244 e. The van der Waals surface area contributed by atoms with Crippen molar-refractivity contribution in [2.45, 2.75) is 6.54 Å². The topological polar surface area (TPSA) is 51.5 Å². The highest BCUT2D eigenvalue weighted by molar-refractivity contribution is 9.11. The summed E-state index contributed by atoms with van der Waals surface area (Å²) in [7, 11) is 1.59. The van der Waals surface area contributed by atoms with E-state index in [0.717, 1.165) is 30.3 Å². The van der Waals surface area contributed by atoms with Crippen molar-refractivity contribution in [1.29, 1.82) is 0 Å². The van der Waals surface area contributed by atoms with Gasteiger partial charge in [-0.05, 0) is 58.4 Å². The molecular weight excluding hydrogens is 554 g/mol. The minimum absolute atomic E-state index is 0.222. The Kier molecular flexibility index (Phi) is 7.15. The van der Waals surface area contributed by atoms with Crippen molar-refractivity contribution in [2.24, 2.45) is 0 Å². The van der Waals surface area contributed by atoms with Gasteiger partial charge in [-0.25, -0.2) is 0 Å². The van der Waals surface area contributed by atoms with Gasteiger partial charge in [0.1, 0.15) is 17.3 Å². The van der Waals surface area contributed by atoms with Gasteiger partial charge in [0.2, 0.25) is 5.91 Å². The number of benzene rings is 2. The third-order valence-corrected chi connectivity index (χ3v) is 5.46. The Morgan fingerprint density at radius 2 is 1.82 bits per heavy atom. The first-order valence-electron chi connectivity index (χ1n) is 8.30. The monoisotopic (exact) mass is 567 g/mol. The Bertz CT molecular complexity index is 1010. The lowest BCUT2D eigenvalue weighted by molar-refractivity contribution is -0.116. The molecule has 2 aromatic carbocycles. The summed E-state index contributed by atoms with van der Waals surface area (Å²) in [6.07, 6.45) is 3.17. The van der Waals surface area contributed by atoms with Crippen LogP contribution in [0, 0.1) is 0 Å². The molecule has 0 spiro atoms. The van der Waals surface area contributed by atoms with Gasteiger partial charge in [-0.3, -0.25) is 4.79 Å². The van der Waals surface area contributed by atoms with E-state index in [1.54, 1.807) is 13.2 Å². The largest absolute Gasteiger partial charge is 0.495 e. The molecule has 0 radical (unpaired) electrons. The third-order valence-electron chi connectivity index (χ3n) is 3.88. The van der Waals surface area contributed by atoms with Crippen LogP contribution in [0.1, 0.15) is 11.3 Å². The fourth-order valence-corrected chi connectivity index (χ4v) is 4.24. The summed E-state index contributed by atoms with van der Waals surface area (Å²) < 4.78 is 13.9. The van der Waals surface area contributed by atoms with Crippen molar-refractivity contribution in [3.8, 4) is 17.1 Å². The van der Waals surface area contributed by atoms with Crippen LogP contribution in [-0.4, -0.2) is 13.0 Å². The van der Waals surface area contributed by atoms with Crippen LogP contribution in [0.2, 0.25) is 0 Å². The summed E-state index contributed by atoms with van der Waals surface area (Å²) in [5.74, 6) is 1.88. The molecule has 7 heteroatoms. The zero-order chi connectivity index (χ0) is 20.1. The molecule has 0 fully saturated rings. The highest BCUT2D eigenvalue weighted by atomic mass is 79.9. The first kappa shape index (κ1) is 20.9. The van der Waals surface area contributed by atoms with Crippen molar-refractivity contribution in [1.82, 2.24) is 5.32 Å². The maximum Gasteiger partial charge on any atom is 0.244 e. The lowest BCUT2D eigenvalue weighted by atomic mass is 10.2. The average Bonchev–Trinajstić information content (AvgIpc) is 3.14. The molecule has 0 unspecified atom stereocenters. The molecule has 1 heterocycles. The van der Waals surface area contributed by atoms with E-state index in [4.69, 9.17) is 9.15 Å². The Labute approximate surface area is 188 Å². The predicted molar refractivity (Wildman–Crippen MR) is 121 cm³/mol. The number of halogens is 3. The first-order valence-corrected chi connectivity index (χ1v) is 10.7. The Balaban J connectivity index is 1.62. The van der Waals surface area contributed by atoms with Crippen molar-refractivity contribution in [3.05, 3.63) is 79.3 Å². The fourth-order valence-electron chi connectivity index (χ4n) is 2.56. The number of carbonyl (C=O) groups excluding carboxylic acids is 1. The number of ether oxygens (including phenoxy) is 1. The number of amides is 1. The molecule has 0 bridgehead atoms. The SMILES string of the molecule is COc1c(Br)cc(Br)cc1/C=C/C(=O)NCc1ccc(-c2ccc(Br)cc2)o1. The molecule has 28 heavy (non-hydrogen) atoms. The molecule has 0 saturated carbocycles. The number of hydrogen-bond acceptors (Lipinski definition) is 3. The van der Waals surface area contributed by atoms with Crippen LogP contribution < -0.4 is 10.1 Å². The standard InChI is InChI=1S/C21H16Br3NO3/c1-27-21-14(10-16(23)11-18(21)24)4-9-20(26)25-12-17-7-8-19(28-17)13-2-5-15(22)6-3-13/h2-11H,12H2,1H3,(H,25,26)/b9-4+. The maximum absolute atomic E-state index is 12.2. The number of carbonyl (C=O) groups is 1. The number of methoxy groups -OCH3 is 1. The number of rotatable bonds is 6. The van der Waals surface area contributed by atoms with E-state index in [9.17, 15) is 4.79 Å². The molecule has 0 aliphatic carbocycles. The van der Waals surface area contributed by atoms with Gasteiger partial charge in [-0.15, -0.1) is 0 Å². The van der Waals surface area contributed by atoms with Gasteiger partial charge in [-0.2, -0.15) is 0 Å². The van der Waals surface area contributed by atoms with E-state index in [-0.39, 0.29) is 5.91 Å². The van der Waals surface area contributed by atoms with Crippen molar-refractivity contribution in [3.63, 3.8) is 0 Å². The van der Waals surface area contributed by atoms with E-state index in [1.165, 1.54) is 6.08 Å². The van der Waals surface area contributed by atoms with Crippen LogP contribution in [0.15, 0.2) is 72.4 Å². The second-order valence-electron chi connectivity index (χ2n) is 5.83. The number of hydrogen-bond donors (Lipinski definition) is 1. The molecule has 4 nitrogen and oxygen atoms in total. The van der Waals surface area contributed by atoms with Gasteiger partial charge in [0.15, 0.2) is 0 Å². The van der Waals surface area contributed by atoms with E-state index in [0.29, 0.717) is 18.1 Å². The van der Waals surface area contributed by atoms with Crippen LogP contribution in [0.3, 0.4) is 0 Å². The molecule has 1 amide bonds. The number of nitrogens with one attached hydrogen (secondary N) is 1. The highest BCUT2D eigenvalue weighted by Crippen LogP contribution is 2.33. The van der Waals surface area contributed by atoms with Gasteiger partial charge < -0.3 is 14.5 Å². The van der Waals surface area contributed by atoms with E-state index >= 15 is 0 Å². The molecule has 1 aromatic heterocycles. The Morgan fingerprint density at radius 1 is 1.07 bits per heavy atom. The van der Waals surface area contributed by atoms with Crippen LogP contribution in [0.5, 0.6) is 5.75 Å². The summed E-state index contributed by atoms with van der Waals surface area (Å²) in [4.78, 5) is 12.2. The van der Waals surface area contributed by atoms with Gasteiger partial charge in [0.05, 0.1) is 18.1 Å². The second-order valence-corrected chi connectivity index (χ2v) is 8.52. The minimum Gasteiger partial charge on any atom is -0.495 e. The van der Waals surface area contributed by atoms with Gasteiger partial charge >= 0.3 is 0 Å². The quantitative estimate of drug-likeness (QED) is 0.342. The van der Waals surface area contributed by atoms with Crippen LogP contribution in [0.4, 0.5) is 0 Å². The molecule has 3 rings (SSSR count). The Morgan fingerprint density at radius 3 is 2.54 bits per heavy atom. The lowest BCUT2D eigenvalue weighted by Crippen LogP contribution is -2.19. The van der Waals surface area contributed by atoms with Crippen LogP contribution in [-0.2, 0) is 11.3 Å². The summed E-state index contributed by atoms with van der Waals surface area (Å²) in [6.45, 7) is 0.305. The van der Waals surface area contributed by atoms with Gasteiger partial charge in [0.25, 0.3) is 0 Å². The predicted octanol–water partition coefficient (Wildman–Crippen LogP) is 6.57. The molecule has 0 aliphatic heterocycles. The average molecular weight is 570 g/mol. The first-order chi connectivity index (χ1) is 13.5. The van der Waals surface area contributed by atoms with Crippen molar-refractivity contribution >= 4 is 59.8 Å². The lowest BCUT2D eigenvalue weighted by Gasteiger charge is -2.08. The van der Waals surface area contributed by atoms with Gasteiger partial charge in [0, 0.05) is 26.1 Å². The third kappa shape index (κ3) is 5.37. The normalized spacial score (nSPS) is 11.0. The van der Waals surface area contributed by atoms with Crippen molar-refractivity contribution < 1.29 is 13.9 Å². The minimum atomic E-state index is -0.222. The highest BCUT2D eigenvalue weighted by Gasteiger charge is 2.08. The van der Waals surface area contributed by atoms with Gasteiger partial charge in [-0.1, -0.05) is 44.0 Å². The summed E-state index contributed by atoms with van der Waals surface area (Å²) in [5.41, 5.74) is 1.77. The van der Waals surface area contributed by atoms with E-state index < -0.39 is 0 Å². The molecule has 1 N–H and O–H groups in total. The van der Waals surface area contributed by atoms with E-state index in [2.05, 4.69) is 53.1 Å². The van der Waals surface area contributed by atoms with Crippen molar-refractivity contribution in [2.75, 3.05) is 7.11 Å². The van der Waals surface area contributed by atoms with Crippen LogP contribution in [0.25, 0.3) is 17.4 Å². The summed E-state index contributed by atoms with van der Waals surface area (Å²) >= 11 is 10.3. The summed E-state index contributed by atoms with van der Waals surface area (Å²) in [6, 6.07) is 15.4. The molecule has 0 saturated heterocycles. The van der Waals surface area contributed by atoms with E-state index in [1.807, 2.05) is 48.5 Å². The molecular formula is C21H16Br3NO3. The molecule has 0 aliphatic rings. The zero-order valence-corrected chi connectivity index (χ0v) is 19.6. The molecule has 0 atom stereocenters. The molecule has 144 valence electrons. The Hall–Kier alpha value is -1.83. The summed E-state index contributed by atoms with van der Waals surface area (Å²) in [5, 5.41) is 2.82. The van der Waals surface area contributed by atoms with Crippen LogP contribution >= 0.6 is 47.8 Å². The fraction of sp³-hybridized carbons (Fsp3) is 0.0952. The number of furan rings is 1. The molecule has 3 aromatic rings. The maximum atomic E-state index is 12.2.